The number of nitrogens with zero attached hydrogens (tertiary/aromatic N) is 1. The van der Waals surface area contributed by atoms with E-state index in [1.54, 1.807) is 30.2 Å². The van der Waals surface area contributed by atoms with E-state index in [1.807, 2.05) is 30.3 Å². The zero-order valence-electron chi connectivity index (χ0n) is 18.2. The molecule has 0 spiro atoms. The van der Waals surface area contributed by atoms with Gasteiger partial charge in [0.15, 0.2) is 5.78 Å². The summed E-state index contributed by atoms with van der Waals surface area (Å²) in [5.74, 6) is 0.598. The molecule has 0 unspecified atom stereocenters. The third-order valence-electron chi connectivity index (χ3n) is 6.25. The summed E-state index contributed by atoms with van der Waals surface area (Å²) < 4.78 is 11.5. The molecule has 5 rings (SSSR count). The smallest absolute Gasteiger partial charge is 0.321 e. The number of methoxy groups -OCH3 is 1. The molecule has 2 heterocycles. The summed E-state index contributed by atoms with van der Waals surface area (Å²) in [5.41, 5.74) is 2.57. The van der Waals surface area contributed by atoms with E-state index in [9.17, 15) is 14.7 Å². The average Bonchev–Trinajstić information content (AvgIpc) is 3.21. The fraction of sp³-hybridized carbons (Fsp3) is 0.231. The number of aromatic hydroxyl groups is 1. The van der Waals surface area contributed by atoms with Crippen LogP contribution in [0.2, 0.25) is 0 Å². The summed E-state index contributed by atoms with van der Waals surface area (Å²) in [6.07, 6.45) is 1.18. The Morgan fingerprint density at radius 1 is 1.00 bits per heavy atom. The number of carbonyl (C=O) groups is 2. The molecule has 33 heavy (non-hydrogen) atoms. The van der Waals surface area contributed by atoms with E-state index in [-0.39, 0.29) is 23.5 Å². The number of piperidine rings is 1. The van der Waals surface area contributed by atoms with Gasteiger partial charge < -0.3 is 24.5 Å². The SMILES string of the molecule is COc1cc2c(cc1NC(=O)N1CCC(C(=O)c3ccc(O)cc3)CC1)oc1ccccc12. The quantitative estimate of drug-likeness (QED) is 0.410. The largest absolute Gasteiger partial charge is 0.508 e. The summed E-state index contributed by atoms with van der Waals surface area (Å²) in [5, 5.41) is 14.3. The van der Waals surface area contributed by atoms with E-state index in [0.717, 1.165) is 16.4 Å². The number of hydrogen-bond donors (Lipinski definition) is 2. The molecule has 2 amide bonds. The Kier molecular flexibility index (Phi) is 5.38. The number of amides is 2. The Labute approximate surface area is 190 Å². The lowest BCUT2D eigenvalue weighted by atomic mass is 9.89. The standard InChI is InChI=1S/C26H24N2O5/c1-32-24-14-20-19-4-2-3-5-22(19)33-23(20)15-21(24)27-26(31)28-12-10-17(11-13-28)25(30)16-6-8-18(29)9-7-16/h2-9,14-15,17,29H,10-13H2,1H3,(H,27,31). The van der Waals surface area contributed by atoms with Gasteiger partial charge in [-0.25, -0.2) is 4.79 Å². The number of anilines is 1. The number of phenolic OH excluding ortho intramolecular Hbond substituents is 1. The van der Waals surface area contributed by atoms with E-state index in [4.69, 9.17) is 9.15 Å². The number of phenols is 1. The molecule has 0 radical (unpaired) electrons. The fourth-order valence-corrected chi connectivity index (χ4v) is 4.42. The van der Waals surface area contributed by atoms with E-state index >= 15 is 0 Å². The topological polar surface area (TPSA) is 92.0 Å². The lowest BCUT2D eigenvalue weighted by Gasteiger charge is -2.31. The van der Waals surface area contributed by atoms with Crippen LogP contribution in [0.1, 0.15) is 23.2 Å². The van der Waals surface area contributed by atoms with E-state index < -0.39 is 0 Å². The zero-order valence-corrected chi connectivity index (χ0v) is 18.2. The van der Waals surface area contributed by atoms with E-state index in [1.165, 1.54) is 12.1 Å². The molecule has 1 aliphatic heterocycles. The van der Waals surface area contributed by atoms with Crippen molar-refractivity contribution >= 4 is 39.4 Å². The van der Waals surface area contributed by atoms with Gasteiger partial charge in [-0.2, -0.15) is 0 Å². The number of hydrogen-bond acceptors (Lipinski definition) is 5. The van der Waals surface area contributed by atoms with Crippen molar-refractivity contribution in [3.63, 3.8) is 0 Å². The van der Waals surface area contributed by atoms with Gasteiger partial charge in [-0.3, -0.25) is 4.79 Å². The van der Waals surface area contributed by atoms with Crippen molar-refractivity contribution in [3.05, 3.63) is 66.2 Å². The van der Waals surface area contributed by atoms with Gasteiger partial charge >= 0.3 is 6.03 Å². The van der Waals surface area contributed by atoms with E-state index in [0.29, 0.717) is 48.5 Å². The maximum atomic E-state index is 12.9. The second kappa shape index (κ2) is 8.50. The molecule has 7 heteroatoms. The number of furan rings is 1. The first-order valence-corrected chi connectivity index (χ1v) is 10.9. The van der Waals surface area contributed by atoms with Crippen LogP contribution in [0.15, 0.2) is 65.1 Å². The Morgan fingerprint density at radius 3 is 2.45 bits per heavy atom. The van der Waals surface area contributed by atoms with Crippen LogP contribution in [-0.2, 0) is 0 Å². The van der Waals surface area contributed by atoms with Gasteiger partial charge in [-0.1, -0.05) is 18.2 Å². The Morgan fingerprint density at radius 2 is 1.73 bits per heavy atom. The lowest BCUT2D eigenvalue weighted by Crippen LogP contribution is -2.42. The van der Waals surface area contributed by atoms with Crippen LogP contribution in [0.4, 0.5) is 10.5 Å². The second-order valence-electron chi connectivity index (χ2n) is 8.25. The number of Topliss-reactive ketones (excluding diaryl/α,β-unsaturated/α-hetero) is 1. The average molecular weight is 444 g/mol. The number of urea groups is 1. The van der Waals surface area contributed by atoms with Gasteiger partial charge in [-0.15, -0.1) is 0 Å². The first kappa shape index (κ1) is 20.9. The molecule has 4 aromatic rings. The van der Waals surface area contributed by atoms with Crippen LogP contribution in [0.25, 0.3) is 21.9 Å². The number of rotatable bonds is 4. The van der Waals surface area contributed by atoms with Gasteiger partial charge in [0.25, 0.3) is 0 Å². The number of para-hydroxylation sites is 1. The number of fused-ring (bicyclic) bond motifs is 3. The number of ether oxygens (including phenoxy) is 1. The number of nitrogens with one attached hydrogen (secondary N) is 1. The molecule has 0 bridgehead atoms. The van der Waals surface area contributed by atoms with Crippen LogP contribution in [0, 0.1) is 5.92 Å². The molecular weight excluding hydrogens is 420 g/mol. The molecule has 3 aromatic carbocycles. The van der Waals surface area contributed by atoms with Crippen LogP contribution < -0.4 is 10.1 Å². The highest BCUT2D eigenvalue weighted by Crippen LogP contribution is 2.36. The predicted octanol–water partition coefficient (Wildman–Crippen LogP) is 5.43. The molecule has 1 fully saturated rings. The first-order chi connectivity index (χ1) is 16.0. The maximum absolute atomic E-state index is 12.9. The highest BCUT2D eigenvalue weighted by atomic mass is 16.5. The van der Waals surface area contributed by atoms with Crippen molar-refractivity contribution in [2.45, 2.75) is 12.8 Å². The van der Waals surface area contributed by atoms with Gasteiger partial charge in [0, 0.05) is 41.4 Å². The highest BCUT2D eigenvalue weighted by molar-refractivity contribution is 6.07. The van der Waals surface area contributed by atoms with Gasteiger partial charge in [-0.05, 0) is 49.2 Å². The van der Waals surface area contributed by atoms with Gasteiger partial charge in [0.2, 0.25) is 0 Å². The van der Waals surface area contributed by atoms with Crippen LogP contribution >= 0.6 is 0 Å². The number of ketones is 1. The summed E-state index contributed by atoms with van der Waals surface area (Å²) >= 11 is 0. The van der Waals surface area contributed by atoms with Crippen molar-refractivity contribution in [2.75, 3.05) is 25.5 Å². The number of likely N-dealkylation sites (tertiary alicyclic amines) is 1. The molecule has 168 valence electrons. The second-order valence-corrected chi connectivity index (χ2v) is 8.25. The minimum Gasteiger partial charge on any atom is -0.508 e. The molecule has 1 aromatic heterocycles. The lowest BCUT2D eigenvalue weighted by molar-refractivity contribution is 0.0859. The van der Waals surface area contributed by atoms with Crippen molar-refractivity contribution in [3.8, 4) is 11.5 Å². The van der Waals surface area contributed by atoms with Crippen LogP contribution in [0.3, 0.4) is 0 Å². The van der Waals surface area contributed by atoms with Crippen molar-refractivity contribution in [2.24, 2.45) is 5.92 Å². The Bertz CT molecular complexity index is 1330. The number of carbonyl (C=O) groups excluding carboxylic acids is 2. The first-order valence-electron chi connectivity index (χ1n) is 10.9. The van der Waals surface area contributed by atoms with Crippen molar-refractivity contribution in [1.29, 1.82) is 0 Å². The molecule has 7 nitrogen and oxygen atoms in total. The molecular formula is C26H24N2O5. The monoisotopic (exact) mass is 444 g/mol. The molecule has 1 saturated heterocycles. The van der Waals surface area contributed by atoms with Crippen molar-refractivity contribution in [1.82, 2.24) is 4.90 Å². The predicted molar refractivity (Wildman–Crippen MR) is 126 cm³/mol. The Balaban J connectivity index is 1.28. The van der Waals surface area contributed by atoms with Crippen molar-refractivity contribution < 1.29 is 23.8 Å². The van der Waals surface area contributed by atoms with E-state index in [2.05, 4.69) is 5.32 Å². The molecule has 2 N–H and O–H groups in total. The normalized spacial score (nSPS) is 14.5. The maximum Gasteiger partial charge on any atom is 0.321 e. The van der Waals surface area contributed by atoms with Crippen LogP contribution in [0.5, 0.6) is 11.5 Å². The molecule has 0 atom stereocenters. The highest BCUT2D eigenvalue weighted by Gasteiger charge is 2.28. The van der Waals surface area contributed by atoms with Crippen LogP contribution in [-0.4, -0.2) is 42.0 Å². The summed E-state index contributed by atoms with van der Waals surface area (Å²) in [6, 6.07) is 17.5. The Hall–Kier alpha value is -4.00. The molecule has 0 aliphatic carbocycles. The number of benzene rings is 3. The molecule has 0 saturated carbocycles. The fourth-order valence-electron chi connectivity index (χ4n) is 4.42. The summed E-state index contributed by atoms with van der Waals surface area (Å²) in [7, 11) is 1.57. The minimum atomic E-state index is -0.237. The summed E-state index contributed by atoms with van der Waals surface area (Å²) in [4.78, 5) is 27.4. The minimum absolute atomic E-state index is 0.0482. The summed E-state index contributed by atoms with van der Waals surface area (Å²) in [6.45, 7) is 0.963. The van der Waals surface area contributed by atoms with Gasteiger partial charge in [0.1, 0.15) is 22.7 Å². The third kappa shape index (κ3) is 3.98. The zero-order chi connectivity index (χ0) is 22.9. The molecule has 1 aliphatic rings. The third-order valence-corrected chi connectivity index (χ3v) is 6.25. The van der Waals surface area contributed by atoms with Gasteiger partial charge in [0.05, 0.1) is 12.8 Å².